The number of carbonyl (C=O) groups excluding carboxylic acids is 1. The largest absolute Gasteiger partial charge is 0.396 e. The number of nitrogens with one attached hydrogen (secondary N) is 1. The Morgan fingerprint density at radius 1 is 1.42 bits per heavy atom. The molecule has 1 aliphatic rings. The highest BCUT2D eigenvalue weighted by Crippen LogP contribution is 2.22. The quantitative estimate of drug-likeness (QED) is 0.867. The molecule has 4 nitrogen and oxygen atoms in total. The van der Waals surface area contributed by atoms with E-state index >= 15 is 0 Å². The maximum absolute atomic E-state index is 13.0. The summed E-state index contributed by atoms with van der Waals surface area (Å²) >= 11 is 0. The zero-order valence-electron chi connectivity index (χ0n) is 11.0. The third-order valence-corrected chi connectivity index (χ3v) is 3.43. The summed E-state index contributed by atoms with van der Waals surface area (Å²) in [4.78, 5) is 14.1. The van der Waals surface area contributed by atoms with E-state index in [1.54, 1.807) is 12.1 Å². The van der Waals surface area contributed by atoms with Crippen molar-refractivity contribution in [1.29, 1.82) is 0 Å². The number of aliphatic hydroxyl groups is 1. The summed E-state index contributed by atoms with van der Waals surface area (Å²) in [5.74, 6) is -0.376. The van der Waals surface area contributed by atoms with Gasteiger partial charge in [-0.3, -0.25) is 4.79 Å². The van der Waals surface area contributed by atoms with Crippen LogP contribution < -0.4 is 10.2 Å². The molecular weight excluding hydrogens is 247 g/mol. The standard InChI is InChI=1S/C14H19FN2O2/c1-10-6-8-17(12-4-2-11(15)3-5-12)13(7-9-18)14(19)16-10/h2-5,10,13,18H,6-9H2,1H3,(H,16,19). The third kappa shape index (κ3) is 3.23. The predicted octanol–water partition coefficient (Wildman–Crippen LogP) is 1.29. The number of amides is 1. The molecule has 1 saturated heterocycles. The van der Waals surface area contributed by atoms with Crippen LogP contribution in [0.25, 0.3) is 0 Å². The highest BCUT2D eigenvalue weighted by atomic mass is 19.1. The van der Waals surface area contributed by atoms with Crippen LogP contribution in [0.3, 0.4) is 0 Å². The van der Waals surface area contributed by atoms with E-state index in [1.807, 2.05) is 11.8 Å². The molecule has 2 rings (SSSR count). The predicted molar refractivity (Wildman–Crippen MR) is 71.5 cm³/mol. The van der Waals surface area contributed by atoms with Gasteiger partial charge in [0.2, 0.25) is 5.91 Å². The number of hydrogen-bond donors (Lipinski definition) is 2. The lowest BCUT2D eigenvalue weighted by atomic mass is 10.1. The summed E-state index contributed by atoms with van der Waals surface area (Å²) in [7, 11) is 0. The number of anilines is 1. The van der Waals surface area contributed by atoms with Gasteiger partial charge < -0.3 is 15.3 Å². The van der Waals surface area contributed by atoms with E-state index in [1.165, 1.54) is 12.1 Å². The summed E-state index contributed by atoms with van der Waals surface area (Å²) in [5, 5.41) is 12.1. The topological polar surface area (TPSA) is 52.6 Å². The summed E-state index contributed by atoms with van der Waals surface area (Å²) in [6, 6.07) is 5.82. The number of aliphatic hydroxyl groups excluding tert-OH is 1. The van der Waals surface area contributed by atoms with Crippen molar-refractivity contribution < 1.29 is 14.3 Å². The SMILES string of the molecule is CC1CCN(c2ccc(F)cc2)C(CCO)C(=O)N1. The minimum Gasteiger partial charge on any atom is -0.396 e. The molecule has 1 aromatic rings. The van der Waals surface area contributed by atoms with Gasteiger partial charge in [-0.05, 0) is 44.0 Å². The van der Waals surface area contributed by atoms with Crippen LogP contribution >= 0.6 is 0 Å². The number of nitrogens with zero attached hydrogens (tertiary/aromatic N) is 1. The van der Waals surface area contributed by atoms with Crippen molar-refractivity contribution in [3.05, 3.63) is 30.1 Å². The summed E-state index contributed by atoms with van der Waals surface area (Å²) in [5.41, 5.74) is 0.809. The molecule has 0 aromatic heterocycles. The van der Waals surface area contributed by atoms with Gasteiger partial charge in [0.1, 0.15) is 11.9 Å². The Balaban J connectivity index is 2.27. The normalized spacial score (nSPS) is 23.9. The molecule has 5 heteroatoms. The second kappa shape index (κ2) is 6.02. The highest BCUT2D eigenvalue weighted by molar-refractivity contribution is 5.86. The molecule has 1 aliphatic heterocycles. The third-order valence-electron chi connectivity index (χ3n) is 3.43. The van der Waals surface area contributed by atoms with E-state index in [0.29, 0.717) is 13.0 Å². The van der Waals surface area contributed by atoms with Crippen molar-refractivity contribution in [2.24, 2.45) is 0 Å². The van der Waals surface area contributed by atoms with Crippen molar-refractivity contribution in [2.45, 2.75) is 31.8 Å². The Morgan fingerprint density at radius 3 is 2.74 bits per heavy atom. The number of halogens is 1. The van der Waals surface area contributed by atoms with Crippen molar-refractivity contribution in [1.82, 2.24) is 5.32 Å². The van der Waals surface area contributed by atoms with E-state index in [4.69, 9.17) is 5.11 Å². The molecule has 0 saturated carbocycles. The monoisotopic (exact) mass is 266 g/mol. The van der Waals surface area contributed by atoms with Gasteiger partial charge in [0.15, 0.2) is 0 Å². The fraction of sp³-hybridized carbons (Fsp3) is 0.500. The maximum atomic E-state index is 13.0. The summed E-state index contributed by atoms with van der Waals surface area (Å²) in [6.07, 6.45) is 1.20. The van der Waals surface area contributed by atoms with E-state index in [2.05, 4.69) is 5.32 Å². The first kappa shape index (κ1) is 13.8. The molecule has 2 atom stereocenters. The lowest BCUT2D eigenvalue weighted by Crippen LogP contribution is -2.45. The zero-order valence-corrected chi connectivity index (χ0v) is 11.0. The van der Waals surface area contributed by atoms with Crippen molar-refractivity contribution in [3.8, 4) is 0 Å². The van der Waals surface area contributed by atoms with Gasteiger partial charge in [0, 0.05) is 24.9 Å². The van der Waals surface area contributed by atoms with Crippen LogP contribution in [-0.4, -0.2) is 36.2 Å². The van der Waals surface area contributed by atoms with Gasteiger partial charge in [-0.15, -0.1) is 0 Å². The van der Waals surface area contributed by atoms with Crippen LogP contribution in [0.5, 0.6) is 0 Å². The molecule has 0 radical (unpaired) electrons. The number of benzene rings is 1. The highest BCUT2D eigenvalue weighted by Gasteiger charge is 2.29. The van der Waals surface area contributed by atoms with Gasteiger partial charge in [-0.1, -0.05) is 0 Å². The van der Waals surface area contributed by atoms with Crippen LogP contribution in [0, 0.1) is 5.82 Å². The lowest BCUT2D eigenvalue weighted by Gasteiger charge is -2.30. The van der Waals surface area contributed by atoms with Crippen LogP contribution in [-0.2, 0) is 4.79 Å². The Kier molecular flexibility index (Phi) is 4.37. The first-order chi connectivity index (χ1) is 9.11. The number of rotatable bonds is 3. The summed E-state index contributed by atoms with van der Waals surface area (Å²) in [6.45, 7) is 2.61. The molecule has 0 aliphatic carbocycles. The van der Waals surface area contributed by atoms with Gasteiger partial charge in [-0.2, -0.15) is 0 Å². The molecule has 2 unspecified atom stereocenters. The van der Waals surface area contributed by atoms with Crippen LogP contribution in [0.15, 0.2) is 24.3 Å². The van der Waals surface area contributed by atoms with E-state index in [-0.39, 0.29) is 24.4 Å². The second-order valence-electron chi connectivity index (χ2n) is 4.90. The molecule has 2 N–H and O–H groups in total. The molecule has 0 bridgehead atoms. The van der Waals surface area contributed by atoms with Gasteiger partial charge in [0.25, 0.3) is 0 Å². The first-order valence-corrected chi connectivity index (χ1v) is 6.55. The van der Waals surface area contributed by atoms with Crippen molar-refractivity contribution >= 4 is 11.6 Å². The lowest BCUT2D eigenvalue weighted by molar-refractivity contribution is -0.122. The Bertz CT molecular complexity index is 436. The second-order valence-corrected chi connectivity index (χ2v) is 4.90. The molecule has 0 spiro atoms. The zero-order chi connectivity index (χ0) is 13.8. The van der Waals surface area contributed by atoms with Crippen molar-refractivity contribution in [3.63, 3.8) is 0 Å². The van der Waals surface area contributed by atoms with E-state index in [9.17, 15) is 9.18 Å². The minimum atomic E-state index is -0.402. The van der Waals surface area contributed by atoms with Gasteiger partial charge in [0.05, 0.1) is 0 Å². The average Bonchev–Trinajstić information content (AvgIpc) is 2.51. The van der Waals surface area contributed by atoms with Gasteiger partial charge in [-0.25, -0.2) is 4.39 Å². The molecule has 1 amide bonds. The Hall–Kier alpha value is -1.62. The fourth-order valence-electron chi connectivity index (χ4n) is 2.39. The molecular formula is C14H19FN2O2. The molecule has 19 heavy (non-hydrogen) atoms. The average molecular weight is 266 g/mol. The first-order valence-electron chi connectivity index (χ1n) is 6.55. The Morgan fingerprint density at radius 2 is 2.11 bits per heavy atom. The van der Waals surface area contributed by atoms with E-state index in [0.717, 1.165) is 12.1 Å². The summed E-state index contributed by atoms with van der Waals surface area (Å²) < 4.78 is 13.0. The molecule has 1 heterocycles. The molecule has 1 fully saturated rings. The minimum absolute atomic E-state index is 0.0514. The number of carbonyl (C=O) groups is 1. The number of hydrogen-bond acceptors (Lipinski definition) is 3. The molecule has 1 aromatic carbocycles. The van der Waals surface area contributed by atoms with Crippen LogP contribution in [0.2, 0.25) is 0 Å². The Labute approximate surface area is 112 Å². The van der Waals surface area contributed by atoms with Crippen molar-refractivity contribution in [2.75, 3.05) is 18.1 Å². The fourth-order valence-corrected chi connectivity index (χ4v) is 2.39. The molecule has 104 valence electrons. The van der Waals surface area contributed by atoms with Crippen LogP contribution in [0.4, 0.5) is 10.1 Å². The van der Waals surface area contributed by atoms with Crippen LogP contribution in [0.1, 0.15) is 19.8 Å². The van der Waals surface area contributed by atoms with Gasteiger partial charge >= 0.3 is 0 Å². The van der Waals surface area contributed by atoms with E-state index < -0.39 is 6.04 Å². The smallest absolute Gasteiger partial charge is 0.242 e. The maximum Gasteiger partial charge on any atom is 0.242 e.